The van der Waals surface area contributed by atoms with Crippen molar-refractivity contribution in [3.63, 3.8) is 0 Å². The second kappa shape index (κ2) is 6.20. The fourth-order valence-electron chi connectivity index (χ4n) is 2.11. The number of hydrogen-bond donors (Lipinski definition) is 0. The Kier molecular flexibility index (Phi) is 4.55. The van der Waals surface area contributed by atoms with Crippen molar-refractivity contribution in [3.8, 4) is 11.5 Å². The van der Waals surface area contributed by atoms with Gasteiger partial charge in [-0.1, -0.05) is 0 Å². The summed E-state index contributed by atoms with van der Waals surface area (Å²) < 4.78 is 48.1. The fourth-order valence-corrected chi connectivity index (χ4v) is 2.11. The third-order valence-electron chi connectivity index (χ3n) is 3.09. The topological polar surface area (TPSA) is 36.9 Å². The van der Waals surface area contributed by atoms with Gasteiger partial charge < -0.3 is 18.9 Å². The van der Waals surface area contributed by atoms with Gasteiger partial charge in [0, 0.05) is 12.5 Å². The zero-order chi connectivity index (χ0) is 15.5. The van der Waals surface area contributed by atoms with Gasteiger partial charge in [0.25, 0.3) is 12.2 Å². The van der Waals surface area contributed by atoms with Crippen molar-refractivity contribution in [2.75, 3.05) is 13.2 Å². The first-order chi connectivity index (χ1) is 10.0. The molecule has 0 radical (unpaired) electrons. The lowest BCUT2D eigenvalue weighted by Crippen LogP contribution is -2.22. The van der Waals surface area contributed by atoms with Gasteiger partial charge in [-0.05, 0) is 26.0 Å². The Labute approximate surface area is 122 Å². The fraction of sp³-hybridized carbons (Fsp3) is 0.467. The van der Waals surface area contributed by atoms with E-state index in [1.54, 1.807) is 20.8 Å². The number of rotatable bonds is 6. The zero-order valence-corrected chi connectivity index (χ0v) is 12.2. The average molecular weight is 300 g/mol. The Morgan fingerprint density at radius 3 is 1.90 bits per heavy atom. The zero-order valence-electron chi connectivity index (χ0n) is 12.2. The van der Waals surface area contributed by atoms with E-state index in [9.17, 15) is 8.78 Å². The first-order valence-corrected chi connectivity index (χ1v) is 6.74. The summed E-state index contributed by atoms with van der Waals surface area (Å²) >= 11 is 0. The summed E-state index contributed by atoms with van der Waals surface area (Å²) in [6.45, 7) is 5.69. The summed E-state index contributed by atoms with van der Waals surface area (Å²) in [7, 11) is 0. The molecule has 1 aromatic carbocycles. The first-order valence-electron chi connectivity index (χ1n) is 6.74. The van der Waals surface area contributed by atoms with Gasteiger partial charge in [0.15, 0.2) is 0 Å². The number of benzene rings is 1. The predicted octanol–water partition coefficient (Wildman–Crippen LogP) is 4.11. The predicted molar refractivity (Wildman–Crippen MR) is 72.4 cm³/mol. The van der Waals surface area contributed by atoms with Gasteiger partial charge in [0.2, 0.25) is 0 Å². The van der Waals surface area contributed by atoms with E-state index in [4.69, 9.17) is 18.9 Å². The Hall–Kier alpha value is -1.98. The van der Waals surface area contributed by atoms with E-state index in [-0.39, 0.29) is 30.3 Å². The summed E-state index contributed by atoms with van der Waals surface area (Å²) in [6, 6.07) is 3.00. The molecule has 21 heavy (non-hydrogen) atoms. The normalized spacial score (nSPS) is 15.7. The highest BCUT2D eigenvalue weighted by Crippen LogP contribution is 2.43. The lowest BCUT2D eigenvalue weighted by Gasteiger charge is -2.25. The van der Waals surface area contributed by atoms with E-state index in [1.165, 1.54) is 24.7 Å². The molecule has 0 fully saturated rings. The summed E-state index contributed by atoms with van der Waals surface area (Å²) in [5.74, 6) is -0.916. The molecule has 1 aliphatic rings. The highest BCUT2D eigenvalue weighted by atomic mass is 19.3. The highest BCUT2D eigenvalue weighted by Gasteiger charge is 2.35. The van der Waals surface area contributed by atoms with Crippen LogP contribution in [-0.2, 0) is 15.3 Å². The molecule has 0 amide bonds. The molecule has 0 spiro atoms. The maximum absolute atomic E-state index is 13.3. The van der Waals surface area contributed by atoms with Crippen molar-refractivity contribution in [1.82, 2.24) is 0 Å². The number of hydrogen-bond acceptors (Lipinski definition) is 4. The Morgan fingerprint density at radius 1 is 1.05 bits per heavy atom. The maximum atomic E-state index is 13.3. The third-order valence-corrected chi connectivity index (χ3v) is 3.09. The molecule has 0 atom stereocenters. The summed E-state index contributed by atoms with van der Waals surface area (Å²) in [6.07, 6.45) is 0.113. The molecule has 0 aromatic heterocycles. The molecule has 116 valence electrons. The van der Waals surface area contributed by atoms with Crippen LogP contribution in [0.15, 0.2) is 24.7 Å². The summed E-state index contributed by atoms with van der Waals surface area (Å²) in [5, 5.41) is 0. The molecule has 0 saturated carbocycles. The molecule has 4 nitrogen and oxygen atoms in total. The van der Waals surface area contributed by atoms with Crippen molar-refractivity contribution in [2.45, 2.75) is 33.0 Å². The molecule has 0 N–H and O–H groups in total. The average Bonchev–Trinajstić information content (AvgIpc) is 2.87. The Bertz CT molecular complexity index is 493. The smallest absolute Gasteiger partial charge is 0.274 e. The minimum Gasteiger partial charge on any atom is -0.493 e. The van der Waals surface area contributed by atoms with Crippen LogP contribution < -0.4 is 9.47 Å². The van der Waals surface area contributed by atoms with Crippen LogP contribution in [0.4, 0.5) is 8.78 Å². The van der Waals surface area contributed by atoms with Crippen LogP contribution in [0, 0.1) is 0 Å². The van der Waals surface area contributed by atoms with Gasteiger partial charge >= 0.3 is 0 Å². The molecule has 0 saturated heterocycles. The molecule has 2 rings (SSSR count). The minimum atomic E-state index is -2.70. The monoisotopic (exact) mass is 300 g/mol. The lowest BCUT2D eigenvalue weighted by molar-refractivity contribution is -0.133. The van der Waals surface area contributed by atoms with E-state index in [2.05, 4.69) is 0 Å². The van der Waals surface area contributed by atoms with Crippen molar-refractivity contribution >= 4 is 0 Å². The third kappa shape index (κ3) is 3.04. The Balaban J connectivity index is 2.52. The summed E-state index contributed by atoms with van der Waals surface area (Å²) in [4.78, 5) is 0. The van der Waals surface area contributed by atoms with Gasteiger partial charge in [-0.25, -0.2) is 8.78 Å². The van der Waals surface area contributed by atoms with Gasteiger partial charge in [0.05, 0.1) is 13.2 Å². The van der Waals surface area contributed by atoms with Crippen LogP contribution in [0.3, 0.4) is 0 Å². The minimum absolute atomic E-state index is 0.0776. The molecular weight excluding hydrogens is 282 g/mol. The van der Waals surface area contributed by atoms with E-state index < -0.39 is 12.2 Å². The van der Waals surface area contributed by atoms with Crippen LogP contribution in [0.25, 0.3) is 0 Å². The van der Waals surface area contributed by atoms with Crippen LogP contribution in [0.2, 0.25) is 0 Å². The number of alkyl halides is 2. The van der Waals surface area contributed by atoms with Crippen molar-refractivity contribution < 1.29 is 27.7 Å². The van der Waals surface area contributed by atoms with Gasteiger partial charge in [-0.3, -0.25) is 0 Å². The molecular formula is C15H18F2O4. The second-order valence-corrected chi connectivity index (χ2v) is 4.51. The van der Waals surface area contributed by atoms with Crippen LogP contribution >= 0.6 is 0 Å². The first kappa shape index (κ1) is 15.4. The molecule has 1 aromatic rings. The molecule has 1 heterocycles. The standard InChI is InChI=1S/C15H18F2O4/c1-4-18-11-8-10(15(3)20-6-7-21-15)9-12(19-5-2)13(11)14(16)17/h6-9,14H,4-5H2,1-3H3. The van der Waals surface area contributed by atoms with Crippen molar-refractivity contribution in [1.29, 1.82) is 0 Å². The largest absolute Gasteiger partial charge is 0.493 e. The quantitative estimate of drug-likeness (QED) is 0.792. The van der Waals surface area contributed by atoms with Gasteiger partial charge in [-0.2, -0.15) is 0 Å². The van der Waals surface area contributed by atoms with E-state index in [0.717, 1.165) is 0 Å². The molecule has 6 heteroatoms. The summed E-state index contributed by atoms with van der Waals surface area (Å²) in [5.41, 5.74) is 0.292. The number of ether oxygens (including phenoxy) is 4. The van der Waals surface area contributed by atoms with Gasteiger partial charge in [0.1, 0.15) is 29.6 Å². The lowest BCUT2D eigenvalue weighted by atomic mass is 10.0. The van der Waals surface area contributed by atoms with Crippen LogP contribution in [0.1, 0.15) is 38.3 Å². The number of halogens is 2. The van der Waals surface area contributed by atoms with Crippen LogP contribution in [0.5, 0.6) is 11.5 Å². The molecule has 0 unspecified atom stereocenters. The van der Waals surface area contributed by atoms with Crippen molar-refractivity contribution in [2.24, 2.45) is 0 Å². The highest BCUT2D eigenvalue weighted by molar-refractivity contribution is 5.50. The van der Waals surface area contributed by atoms with Crippen LogP contribution in [-0.4, -0.2) is 13.2 Å². The maximum Gasteiger partial charge on any atom is 0.274 e. The van der Waals surface area contributed by atoms with Crippen molar-refractivity contribution in [3.05, 3.63) is 35.8 Å². The van der Waals surface area contributed by atoms with E-state index >= 15 is 0 Å². The van der Waals surface area contributed by atoms with Gasteiger partial charge in [-0.15, -0.1) is 0 Å². The van der Waals surface area contributed by atoms with E-state index in [0.29, 0.717) is 5.56 Å². The molecule has 1 aliphatic heterocycles. The Morgan fingerprint density at radius 2 is 1.52 bits per heavy atom. The second-order valence-electron chi connectivity index (χ2n) is 4.51. The molecule has 0 aliphatic carbocycles. The molecule has 0 bridgehead atoms. The van der Waals surface area contributed by atoms with E-state index in [1.807, 2.05) is 0 Å². The SMILES string of the molecule is CCOc1cc(C2(C)OC=CO2)cc(OCC)c1C(F)F.